The van der Waals surface area contributed by atoms with Gasteiger partial charge in [-0.25, -0.2) is 4.68 Å². The molecule has 0 aliphatic carbocycles. The SMILES string of the molecule is Cc1cc(C)n(-c2ccc(C(=O)N3CCN(c4ccccc4C)CC3)cc2)n1. The summed E-state index contributed by atoms with van der Waals surface area (Å²) in [6.07, 6.45) is 0. The molecule has 2 aromatic carbocycles. The summed E-state index contributed by atoms with van der Waals surface area (Å²) in [5.74, 6) is 0.101. The summed E-state index contributed by atoms with van der Waals surface area (Å²) >= 11 is 0. The van der Waals surface area contributed by atoms with Crippen molar-refractivity contribution >= 4 is 11.6 Å². The van der Waals surface area contributed by atoms with Gasteiger partial charge >= 0.3 is 0 Å². The molecule has 2 heterocycles. The van der Waals surface area contributed by atoms with Crippen molar-refractivity contribution in [3.05, 3.63) is 77.1 Å². The summed E-state index contributed by atoms with van der Waals surface area (Å²) in [5, 5.41) is 4.50. The van der Waals surface area contributed by atoms with E-state index >= 15 is 0 Å². The Labute approximate surface area is 166 Å². The standard InChI is InChI=1S/C23H26N4O/c1-17-6-4-5-7-22(17)25-12-14-26(15-13-25)23(28)20-8-10-21(11-9-20)27-19(3)16-18(2)24-27/h4-11,16H,12-15H2,1-3H3. The number of carbonyl (C=O) groups excluding carboxylic acids is 1. The Kier molecular flexibility index (Phi) is 4.90. The Balaban J connectivity index is 1.43. The Bertz CT molecular complexity index is 982. The predicted molar refractivity (Wildman–Crippen MR) is 112 cm³/mol. The highest BCUT2D eigenvalue weighted by molar-refractivity contribution is 5.94. The molecule has 28 heavy (non-hydrogen) atoms. The Morgan fingerprint density at radius 1 is 0.893 bits per heavy atom. The van der Waals surface area contributed by atoms with E-state index in [1.54, 1.807) is 0 Å². The topological polar surface area (TPSA) is 41.4 Å². The number of rotatable bonds is 3. The molecule has 1 saturated heterocycles. The smallest absolute Gasteiger partial charge is 0.253 e. The van der Waals surface area contributed by atoms with Crippen LogP contribution < -0.4 is 4.90 Å². The maximum absolute atomic E-state index is 12.9. The number of piperazine rings is 1. The lowest BCUT2D eigenvalue weighted by Crippen LogP contribution is -2.49. The highest BCUT2D eigenvalue weighted by Crippen LogP contribution is 2.21. The number of amides is 1. The lowest BCUT2D eigenvalue weighted by Gasteiger charge is -2.36. The fourth-order valence-corrected chi connectivity index (χ4v) is 3.89. The molecule has 0 bridgehead atoms. The van der Waals surface area contributed by atoms with Gasteiger partial charge in [0.15, 0.2) is 0 Å². The number of aromatic nitrogens is 2. The zero-order chi connectivity index (χ0) is 19.7. The molecule has 144 valence electrons. The molecule has 1 aliphatic rings. The van der Waals surface area contributed by atoms with E-state index in [0.717, 1.165) is 48.8 Å². The summed E-state index contributed by atoms with van der Waals surface area (Å²) in [7, 11) is 0. The van der Waals surface area contributed by atoms with Crippen LogP contribution in [0, 0.1) is 20.8 Å². The van der Waals surface area contributed by atoms with Gasteiger partial charge in [0.25, 0.3) is 5.91 Å². The van der Waals surface area contributed by atoms with Crippen LogP contribution in [-0.4, -0.2) is 46.8 Å². The van der Waals surface area contributed by atoms with Crippen molar-refractivity contribution in [3.63, 3.8) is 0 Å². The molecule has 1 aromatic heterocycles. The van der Waals surface area contributed by atoms with Gasteiger partial charge in [0.1, 0.15) is 0 Å². The first kappa shape index (κ1) is 18.3. The molecule has 0 radical (unpaired) electrons. The molecule has 1 amide bonds. The molecule has 0 N–H and O–H groups in total. The van der Waals surface area contributed by atoms with Crippen LogP contribution >= 0.6 is 0 Å². The molecule has 1 fully saturated rings. The third kappa shape index (κ3) is 3.52. The van der Waals surface area contributed by atoms with Crippen LogP contribution in [0.2, 0.25) is 0 Å². The van der Waals surface area contributed by atoms with Crippen LogP contribution in [0.1, 0.15) is 27.3 Å². The molecule has 5 heteroatoms. The van der Waals surface area contributed by atoms with Gasteiger partial charge in [-0.05, 0) is 62.7 Å². The maximum Gasteiger partial charge on any atom is 0.253 e. The van der Waals surface area contributed by atoms with Crippen molar-refractivity contribution < 1.29 is 4.79 Å². The summed E-state index contributed by atoms with van der Waals surface area (Å²) in [4.78, 5) is 17.2. The molecule has 0 saturated carbocycles. The lowest BCUT2D eigenvalue weighted by atomic mass is 10.1. The average molecular weight is 374 g/mol. The van der Waals surface area contributed by atoms with E-state index in [4.69, 9.17) is 0 Å². The molecular formula is C23H26N4O. The van der Waals surface area contributed by atoms with Crippen LogP contribution in [0.15, 0.2) is 54.6 Å². The van der Waals surface area contributed by atoms with Crippen LogP contribution in [0.4, 0.5) is 5.69 Å². The Morgan fingerprint density at radius 3 is 2.18 bits per heavy atom. The molecule has 1 aliphatic heterocycles. The van der Waals surface area contributed by atoms with E-state index in [0.29, 0.717) is 0 Å². The van der Waals surface area contributed by atoms with E-state index in [2.05, 4.69) is 41.2 Å². The van der Waals surface area contributed by atoms with Gasteiger partial charge < -0.3 is 9.80 Å². The average Bonchev–Trinajstić information content (AvgIpc) is 3.06. The fraction of sp³-hybridized carbons (Fsp3) is 0.304. The number of hydrogen-bond donors (Lipinski definition) is 0. The van der Waals surface area contributed by atoms with E-state index in [9.17, 15) is 4.79 Å². The Morgan fingerprint density at radius 2 is 1.57 bits per heavy atom. The van der Waals surface area contributed by atoms with Crippen molar-refractivity contribution in [3.8, 4) is 5.69 Å². The zero-order valence-corrected chi connectivity index (χ0v) is 16.7. The number of nitrogens with zero attached hydrogens (tertiary/aromatic N) is 4. The van der Waals surface area contributed by atoms with Gasteiger partial charge in [-0.1, -0.05) is 18.2 Å². The fourth-order valence-electron chi connectivity index (χ4n) is 3.89. The molecular weight excluding hydrogens is 348 g/mol. The minimum atomic E-state index is 0.101. The van der Waals surface area contributed by atoms with Crippen molar-refractivity contribution in [1.29, 1.82) is 0 Å². The zero-order valence-electron chi connectivity index (χ0n) is 16.7. The van der Waals surface area contributed by atoms with E-state index < -0.39 is 0 Å². The van der Waals surface area contributed by atoms with Crippen LogP contribution in [-0.2, 0) is 0 Å². The van der Waals surface area contributed by atoms with Gasteiger partial charge in [0, 0.05) is 43.1 Å². The summed E-state index contributed by atoms with van der Waals surface area (Å²) < 4.78 is 1.91. The number of anilines is 1. The third-order valence-electron chi connectivity index (χ3n) is 5.39. The largest absolute Gasteiger partial charge is 0.368 e. The number of benzene rings is 2. The number of aryl methyl sites for hydroxylation is 3. The van der Waals surface area contributed by atoms with Gasteiger partial charge in [0.05, 0.1) is 11.4 Å². The Hall–Kier alpha value is -3.08. The lowest BCUT2D eigenvalue weighted by molar-refractivity contribution is 0.0747. The summed E-state index contributed by atoms with van der Waals surface area (Å²) in [6.45, 7) is 9.36. The quantitative estimate of drug-likeness (QED) is 0.701. The van der Waals surface area contributed by atoms with Crippen LogP contribution in [0.5, 0.6) is 0 Å². The monoisotopic (exact) mass is 374 g/mol. The normalized spacial score (nSPS) is 14.4. The maximum atomic E-state index is 12.9. The highest BCUT2D eigenvalue weighted by atomic mass is 16.2. The molecule has 0 atom stereocenters. The molecule has 3 aromatic rings. The second-order valence-electron chi connectivity index (χ2n) is 7.45. The van der Waals surface area contributed by atoms with Crippen molar-refractivity contribution in [2.45, 2.75) is 20.8 Å². The van der Waals surface area contributed by atoms with Crippen LogP contribution in [0.25, 0.3) is 5.69 Å². The minimum absolute atomic E-state index is 0.101. The molecule has 0 unspecified atom stereocenters. The third-order valence-corrected chi connectivity index (χ3v) is 5.39. The summed E-state index contributed by atoms with van der Waals surface area (Å²) in [5.41, 5.74) is 6.33. The first-order valence-corrected chi connectivity index (χ1v) is 9.76. The second kappa shape index (κ2) is 7.50. The first-order valence-electron chi connectivity index (χ1n) is 9.76. The predicted octanol–water partition coefficient (Wildman–Crippen LogP) is 3.76. The number of carbonyl (C=O) groups is 1. The first-order chi connectivity index (χ1) is 13.5. The molecule has 5 nitrogen and oxygen atoms in total. The number of hydrogen-bond acceptors (Lipinski definition) is 3. The van der Waals surface area contributed by atoms with Gasteiger partial charge in [-0.15, -0.1) is 0 Å². The second-order valence-corrected chi connectivity index (χ2v) is 7.45. The van der Waals surface area contributed by atoms with Crippen molar-refractivity contribution in [2.75, 3.05) is 31.1 Å². The van der Waals surface area contributed by atoms with E-state index in [-0.39, 0.29) is 5.91 Å². The molecule has 0 spiro atoms. The van der Waals surface area contributed by atoms with Crippen molar-refractivity contribution in [1.82, 2.24) is 14.7 Å². The van der Waals surface area contributed by atoms with Crippen LogP contribution in [0.3, 0.4) is 0 Å². The number of para-hydroxylation sites is 1. The van der Waals surface area contributed by atoms with Gasteiger partial charge in [-0.2, -0.15) is 5.10 Å². The highest BCUT2D eigenvalue weighted by Gasteiger charge is 2.23. The van der Waals surface area contributed by atoms with Gasteiger partial charge in [0.2, 0.25) is 0 Å². The van der Waals surface area contributed by atoms with E-state index in [1.165, 1.54) is 11.3 Å². The minimum Gasteiger partial charge on any atom is -0.368 e. The summed E-state index contributed by atoms with van der Waals surface area (Å²) in [6, 6.07) is 18.2. The van der Waals surface area contributed by atoms with E-state index in [1.807, 2.05) is 53.8 Å². The van der Waals surface area contributed by atoms with Gasteiger partial charge in [-0.3, -0.25) is 4.79 Å². The van der Waals surface area contributed by atoms with Crippen molar-refractivity contribution in [2.24, 2.45) is 0 Å². The molecule has 4 rings (SSSR count).